The van der Waals surface area contributed by atoms with E-state index in [0.29, 0.717) is 35.6 Å². The minimum absolute atomic E-state index is 0.273. The molecule has 22 heavy (non-hydrogen) atoms. The molecule has 0 spiro atoms. The van der Waals surface area contributed by atoms with Crippen LogP contribution in [-0.4, -0.2) is 28.9 Å². The minimum atomic E-state index is -0.273. The quantitative estimate of drug-likeness (QED) is 0.883. The molecule has 1 aromatic carbocycles. The van der Waals surface area contributed by atoms with Crippen molar-refractivity contribution in [2.75, 3.05) is 18.5 Å². The predicted molar refractivity (Wildman–Crippen MR) is 83.3 cm³/mol. The first-order valence-corrected chi connectivity index (χ1v) is 7.07. The van der Waals surface area contributed by atoms with Gasteiger partial charge in [-0.2, -0.15) is 5.10 Å². The van der Waals surface area contributed by atoms with Crippen molar-refractivity contribution < 1.29 is 14.3 Å². The van der Waals surface area contributed by atoms with Gasteiger partial charge in [-0.3, -0.25) is 9.48 Å². The molecule has 7 heteroatoms. The number of carbonyl (C=O) groups excluding carboxylic acids is 1. The summed E-state index contributed by atoms with van der Waals surface area (Å²) in [4.78, 5) is 11.8. The molecule has 0 radical (unpaired) electrons. The van der Waals surface area contributed by atoms with Gasteiger partial charge in [0.25, 0.3) is 0 Å². The van der Waals surface area contributed by atoms with Crippen molar-refractivity contribution >= 4 is 29.4 Å². The van der Waals surface area contributed by atoms with E-state index in [0.717, 1.165) is 5.56 Å². The lowest BCUT2D eigenvalue weighted by Crippen LogP contribution is -2.15. The van der Waals surface area contributed by atoms with E-state index < -0.39 is 0 Å². The number of aryl methyl sites for hydroxylation is 1. The number of rotatable bonds is 3. The Morgan fingerprint density at radius 1 is 1.41 bits per heavy atom. The molecule has 0 saturated heterocycles. The average Bonchev–Trinajstić information content (AvgIpc) is 2.90. The van der Waals surface area contributed by atoms with Crippen LogP contribution in [0.2, 0.25) is 5.02 Å². The molecular formula is C15H14ClN3O3. The number of aromatic nitrogens is 2. The summed E-state index contributed by atoms with van der Waals surface area (Å²) in [5, 5.41) is 7.19. The van der Waals surface area contributed by atoms with Gasteiger partial charge in [0.2, 0.25) is 5.91 Å². The standard InChI is InChI=1S/C15H14ClN3O3/c1-19-5-4-13(18-19)17-14(20)3-2-10-8-11(16)15-12(9-10)21-6-7-22-15/h2-5,8-9H,6-7H2,1H3,(H,17,18,20)/b3-2+. The maximum atomic E-state index is 11.8. The molecule has 1 aliphatic rings. The van der Waals surface area contributed by atoms with Crippen LogP contribution >= 0.6 is 11.6 Å². The highest BCUT2D eigenvalue weighted by Gasteiger charge is 2.15. The monoisotopic (exact) mass is 319 g/mol. The third kappa shape index (κ3) is 3.23. The fraction of sp³-hybridized carbons (Fsp3) is 0.200. The predicted octanol–water partition coefficient (Wildman–Crippen LogP) is 2.50. The van der Waals surface area contributed by atoms with Gasteiger partial charge in [-0.05, 0) is 23.8 Å². The van der Waals surface area contributed by atoms with Crippen LogP contribution in [0.3, 0.4) is 0 Å². The van der Waals surface area contributed by atoms with Gasteiger partial charge < -0.3 is 14.8 Å². The number of hydrogen-bond acceptors (Lipinski definition) is 4. The second kappa shape index (κ2) is 6.11. The third-order valence-electron chi connectivity index (χ3n) is 3.01. The molecule has 114 valence electrons. The van der Waals surface area contributed by atoms with Crippen LogP contribution < -0.4 is 14.8 Å². The van der Waals surface area contributed by atoms with Gasteiger partial charge in [0.05, 0.1) is 5.02 Å². The zero-order valence-corrected chi connectivity index (χ0v) is 12.6. The number of nitrogens with zero attached hydrogens (tertiary/aromatic N) is 2. The molecule has 6 nitrogen and oxygen atoms in total. The molecule has 1 amide bonds. The van der Waals surface area contributed by atoms with Gasteiger partial charge in [-0.15, -0.1) is 0 Å². The minimum Gasteiger partial charge on any atom is -0.486 e. The van der Waals surface area contributed by atoms with Crippen LogP contribution in [0.5, 0.6) is 11.5 Å². The summed E-state index contributed by atoms with van der Waals surface area (Å²) < 4.78 is 12.5. The molecule has 0 bridgehead atoms. The molecule has 0 fully saturated rings. The molecule has 1 aliphatic heterocycles. The Hall–Kier alpha value is -2.47. The highest BCUT2D eigenvalue weighted by molar-refractivity contribution is 6.32. The molecule has 0 aliphatic carbocycles. The van der Waals surface area contributed by atoms with Crippen molar-refractivity contribution in [3.63, 3.8) is 0 Å². The zero-order valence-electron chi connectivity index (χ0n) is 11.9. The number of hydrogen-bond donors (Lipinski definition) is 1. The second-order valence-electron chi connectivity index (χ2n) is 4.72. The third-order valence-corrected chi connectivity index (χ3v) is 3.29. The molecule has 1 aromatic heterocycles. The average molecular weight is 320 g/mol. The molecule has 2 heterocycles. The van der Waals surface area contributed by atoms with E-state index in [9.17, 15) is 4.79 Å². The summed E-state index contributed by atoms with van der Waals surface area (Å²) in [6, 6.07) is 5.22. The van der Waals surface area contributed by atoms with Crippen LogP contribution in [0.1, 0.15) is 5.56 Å². The zero-order chi connectivity index (χ0) is 15.5. The SMILES string of the molecule is Cn1ccc(NC(=O)/C=C/c2cc(Cl)c3c(c2)OCCO3)n1. The van der Waals surface area contributed by atoms with Crippen molar-refractivity contribution in [2.45, 2.75) is 0 Å². The van der Waals surface area contributed by atoms with E-state index in [-0.39, 0.29) is 5.91 Å². The Balaban J connectivity index is 1.72. The lowest BCUT2D eigenvalue weighted by molar-refractivity contribution is -0.111. The Kier molecular flexibility index (Phi) is 4.02. The molecular weight excluding hydrogens is 306 g/mol. The Labute approximate surface area is 132 Å². The molecule has 0 unspecified atom stereocenters. The van der Waals surface area contributed by atoms with Gasteiger partial charge >= 0.3 is 0 Å². The van der Waals surface area contributed by atoms with E-state index in [4.69, 9.17) is 21.1 Å². The smallest absolute Gasteiger partial charge is 0.249 e. The van der Waals surface area contributed by atoms with Crippen LogP contribution in [0.25, 0.3) is 6.08 Å². The number of carbonyl (C=O) groups is 1. The second-order valence-corrected chi connectivity index (χ2v) is 5.13. The summed E-state index contributed by atoms with van der Waals surface area (Å²) in [5.74, 6) is 1.36. The van der Waals surface area contributed by atoms with Crippen molar-refractivity contribution in [3.8, 4) is 11.5 Å². The number of fused-ring (bicyclic) bond motifs is 1. The Morgan fingerprint density at radius 3 is 3.00 bits per heavy atom. The summed E-state index contributed by atoms with van der Waals surface area (Å²) in [6.07, 6.45) is 4.82. The fourth-order valence-corrected chi connectivity index (χ4v) is 2.32. The number of benzene rings is 1. The lowest BCUT2D eigenvalue weighted by atomic mass is 10.1. The van der Waals surface area contributed by atoms with Gasteiger partial charge in [0, 0.05) is 25.4 Å². The molecule has 2 aromatic rings. The molecule has 1 N–H and O–H groups in total. The van der Waals surface area contributed by atoms with Crippen LogP contribution in [0, 0.1) is 0 Å². The van der Waals surface area contributed by atoms with Crippen LogP contribution in [0.4, 0.5) is 5.82 Å². The number of amides is 1. The maximum Gasteiger partial charge on any atom is 0.249 e. The summed E-state index contributed by atoms with van der Waals surface area (Å²) in [5.41, 5.74) is 0.755. The van der Waals surface area contributed by atoms with Gasteiger partial charge in [-0.1, -0.05) is 11.6 Å². The number of anilines is 1. The molecule has 3 rings (SSSR count). The molecule has 0 atom stereocenters. The van der Waals surface area contributed by atoms with Gasteiger partial charge in [-0.25, -0.2) is 0 Å². The Bertz CT molecular complexity index is 740. The van der Waals surface area contributed by atoms with Crippen LogP contribution in [-0.2, 0) is 11.8 Å². The highest BCUT2D eigenvalue weighted by Crippen LogP contribution is 2.38. The van der Waals surface area contributed by atoms with E-state index >= 15 is 0 Å². The summed E-state index contributed by atoms with van der Waals surface area (Å²) in [6.45, 7) is 0.963. The summed E-state index contributed by atoms with van der Waals surface area (Å²) in [7, 11) is 1.78. The van der Waals surface area contributed by atoms with Crippen LogP contribution in [0.15, 0.2) is 30.5 Å². The van der Waals surface area contributed by atoms with Crippen molar-refractivity contribution in [3.05, 3.63) is 41.1 Å². The first-order valence-electron chi connectivity index (χ1n) is 6.70. The normalized spacial score (nSPS) is 13.4. The van der Waals surface area contributed by atoms with Crippen molar-refractivity contribution in [1.82, 2.24) is 9.78 Å². The van der Waals surface area contributed by atoms with E-state index in [2.05, 4.69) is 10.4 Å². The van der Waals surface area contributed by atoms with Gasteiger partial charge in [0.1, 0.15) is 13.2 Å². The first kappa shape index (κ1) is 14.5. The van der Waals surface area contributed by atoms with E-state index in [1.54, 1.807) is 42.2 Å². The van der Waals surface area contributed by atoms with Gasteiger partial charge in [0.15, 0.2) is 17.3 Å². The van der Waals surface area contributed by atoms with Crippen molar-refractivity contribution in [1.29, 1.82) is 0 Å². The fourth-order valence-electron chi connectivity index (χ4n) is 2.05. The summed E-state index contributed by atoms with van der Waals surface area (Å²) >= 11 is 6.14. The Morgan fingerprint density at radius 2 is 2.23 bits per heavy atom. The maximum absolute atomic E-state index is 11.8. The van der Waals surface area contributed by atoms with E-state index in [1.165, 1.54) is 6.08 Å². The first-order chi connectivity index (χ1) is 10.6. The highest BCUT2D eigenvalue weighted by atomic mass is 35.5. The number of ether oxygens (including phenoxy) is 2. The number of nitrogens with one attached hydrogen (secondary N) is 1. The topological polar surface area (TPSA) is 65.4 Å². The molecule has 0 saturated carbocycles. The van der Waals surface area contributed by atoms with Crippen molar-refractivity contribution in [2.24, 2.45) is 7.05 Å². The largest absolute Gasteiger partial charge is 0.486 e. The number of halogens is 1. The lowest BCUT2D eigenvalue weighted by Gasteiger charge is -2.19. The van der Waals surface area contributed by atoms with E-state index in [1.807, 2.05) is 0 Å².